The molecule has 0 saturated heterocycles. The zero-order chi connectivity index (χ0) is 22.6. The Kier molecular flexibility index (Phi) is 8.69. The lowest BCUT2D eigenvalue weighted by Crippen LogP contribution is -2.48. The van der Waals surface area contributed by atoms with Gasteiger partial charge in [0, 0.05) is 13.0 Å². The van der Waals surface area contributed by atoms with Gasteiger partial charge in [0.05, 0.1) is 7.11 Å². The summed E-state index contributed by atoms with van der Waals surface area (Å²) in [6.45, 7) is 0.561. The van der Waals surface area contributed by atoms with Crippen LogP contribution in [0.2, 0.25) is 0 Å². The zero-order valence-electron chi connectivity index (χ0n) is 18.1. The van der Waals surface area contributed by atoms with Crippen LogP contribution in [0.3, 0.4) is 0 Å². The highest BCUT2D eigenvalue weighted by atomic mass is 16.5. The van der Waals surface area contributed by atoms with E-state index < -0.39 is 12.1 Å². The van der Waals surface area contributed by atoms with Crippen LogP contribution >= 0.6 is 0 Å². The number of methoxy groups -OCH3 is 1. The molecule has 1 atom stereocenters. The standard InChI is InChI=1S/C26H28N2O4/c1-31-24-15-9-8-14-22(24)16-17-27-25(29)23(18-20-10-4-2-5-11-20)28-26(30)32-19-21-12-6-3-7-13-21/h2-15,23H,16-19H2,1H3,(H,27,29)(H,28,30). The second-order valence-corrected chi connectivity index (χ2v) is 7.30. The molecule has 0 radical (unpaired) electrons. The van der Waals surface area contributed by atoms with Crippen molar-refractivity contribution in [1.29, 1.82) is 0 Å². The molecule has 1 unspecified atom stereocenters. The van der Waals surface area contributed by atoms with E-state index in [0.29, 0.717) is 19.4 Å². The van der Waals surface area contributed by atoms with Crippen LogP contribution in [0.4, 0.5) is 4.79 Å². The molecule has 0 saturated carbocycles. The van der Waals surface area contributed by atoms with Gasteiger partial charge in [-0.3, -0.25) is 4.79 Å². The van der Waals surface area contributed by atoms with Crippen LogP contribution in [0.15, 0.2) is 84.9 Å². The van der Waals surface area contributed by atoms with Gasteiger partial charge >= 0.3 is 6.09 Å². The van der Waals surface area contributed by atoms with Gasteiger partial charge in [0.15, 0.2) is 0 Å². The van der Waals surface area contributed by atoms with E-state index in [1.807, 2.05) is 84.9 Å². The number of amides is 2. The second-order valence-electron chi connectivity index (χ2n) is 7.30. The number of hydrogen-bond acceptors (Lipinski definition) is 4. The molecular weight excluding hydrogens is 404 g/mol. The van der Waals surface area contributed by atoms with Gasteiger partial charge in [-0.2, -0.15) is 0 Å². The van der Waals surface area contributed by atoms with Gasteiger partial charge < -0.3 is 20.1 Å². The monoisotopic (exact) mass is 432 g/mol. The van der Waals surface area contributed by atoms with Crippen LogP contribution in [0.1, 0.15) is 16.7 Å². The number of rotatable bonds is 10. The van der Waals surface area contributed by atoms with Crippen LogP contribution in [0, 0.1) is 0 Å². The molecule has 6 heteroatoms. The summed E-state index contributed by atoms with van der Waals surface area (Å²) in [5, 5.41) is 5.63. The van der Waals surface area contributed by atoms with Crippen LogP contribution in [-0.2, 0) is 29.0 Å². The van der Waals surface area contributed by atoms with Gasteiger partial charge in [0.25, 0.3) is 0 Å². The van der Waals surface area contributed by atoms with Crippen molar-refractivity contribution in [3.05, 3.63) is 102 Å². The average Bonchev–Trinajstić information content (AvgIpc) is 2.84. The minimum Gasteiger partial charge on any atom is -0.496 e. The van der Waals surface area contributed by atoms with Gasteiger partial charge in [-0.25, -0.2) is 4.79 Å². The minimum absolute atomic E-state index is 0.139. The number of hydrogen-bond donors (Lipinski definition) is 2. The summed E-state index contributed by atoms with van der Waals surface area (Å²) in [6.07, 6.45) is 0.350. The van der Waals surface area contributed by atoms with Crippen LogP contribution < -0.4 is 15.4 Å². The summed E-state index contributed by atoms with van der Waals surface area (Å²) in [4.78, 5) is 25.3. The third-order valence-electron chi connectivity index (χ3n) is 4.99. The van der Waals surface area contributed by atoms with Crippen LogP contribution in [0.25, 0.3) is 0 Å². The molecule has 0 spiro atoms. The fraction of sp³-hybridized carbons (Fsp3) is 0.231. The molecule has 3 aromatic carbocycles. The smallest absolute Gasteiger partial charge is 0.408 e. The molecule has 0 fully saturated rings. The van der Waals surface area contributed by atoms with Gasteiger partial charge in [-0.1, -0.05) is 78.9 Å². The van der Waals surface area contributed by atoms with E-state index in [4.69, 9.17) is 9.47 Å². The largest absolute Gasteiger partial charge is 0.496 e. The van der Waals surface area contributed by atoms with E-state index in [1.165, 1.54) is 0 Å². The Morgan fingerprint density at radius 1 is 0.844 bits per heavy atom. The lowest BCUT2D eigenvalue weighted by atomic mass is 10.1. The molecule has 0 aromatic heterocycles. The molecular formula is C26H28N2O4. The first-order valence-corrected chi connectivity index (χ1v) is 10.6. The first-order valence-electron chi connectivity index (χ1n) is 10.6. The summed E-state index contributed by atoms with van der Waals surface area (Å²) >= 11 is 0. The summed E-state index contributed by atoms with van der Waals surface area (Å²) in [5.41, 5.74) is 2.83. The average molecular weight is 433 g/mol. The second kappa shape index (κ2) is 12.2. The van der Waals surface area contributed by atoms with Crippen molar-refractivity contribution in [3.63, 3.8) is 0 Å². The van der Waals surface area contributed by atoms with E-state index >= 15 is 0 Å². The molecule has 32 heavy (non-hydrogen) atoms. The Morgan fingerprint density at radius 3 is 2.16 bits per heavy atom. The van der Waals surface area contributed by atoms with Crippen molar-refractivity contribution in [1.82, 2.24) is 10.6 Å². The number of benzene rings is 3. The quantitative estimate of drug-likeness (QED) is 0.510. The van der Waals surface area contributed by atoms with Crippen molar-refractivity contribution in [3.8, 4) is 5.75 Å². The lowest BCUT2D eigenvalue weighted by Gasteiger charge is -2.19. The lowest BCUT2D eigenvalue weighted by molar-refractivity contribution is -0.123. The van der Waals surface area contributed by atoms with E-state index in [0.717, 1.165) is 22.4 Å². The fourth-order valence-corrected chi connectivity index (χ4v) is 3.32. The molecule has 0 aliphatic carbocycles. The predicted octanol–water partition coefficient (Wildman–Crippen LogP) is 3.89. The van der Waals surface area contributed by atoms with Crippen molar-refractivity contribution in [2.24, 2.45) is 0 Å². The fourth-order valence-electron chi connectivity index (χ4n) is 3.32. The number of ether oxygens (including phenoxy) is 2. The highest BCUT2D eigenvalue weighted by Gasteiger charge is 2.22. The predicted molar refractivity (Wildman–Crippen MR) is 123 cm³/mol. The van der Waals surface area contributed by atoms with Crippen molar-refractivity contribution >= 4 is 12.0 Å². The molecule has 0 aliphatic rings. The molecule has 2 N–H and O–H groups in total. The van der Waals surface area contributed by atoms with E-state index in [2.05, 4.69) is 10.6 Å². The molecule has 3 aromatic rings. The Morgan fingerprint density at radius 2 is 1.47 bits per heavy atom. The topological polar surface area (TPSA) is 76.7 Å². The minimum atomic E-state index is -0.752. The van der Waals surface area contributed by atoms with Gasteiger partial charge in [-0.15, -0.1) is 0 Å². The Hall–Kier alpha value is -3.80. The maximum absolute atomic E-state index is 12.9. The third-order valence-corrected chi connectivity index (χ3v) is 4.99. The first kappa shape index (κ1) is 22.9. The van der Waals surface area contributed by atoms with Gasteiger partial charge in [-0.05, 0) is 29.2 Å². The highest BCUT2D eigenvalue weighted by Crippen LogP contribution is 2.17. The van der Waals surface area contributed by atoms with Crippen molar-refractivity contribution < 1.29 is 19.1 Å². The number of para-hydroxylation sites is 1. The van der Waals surface area contributed by atoms with Crippen LogP contribution in [0.5, 0.6) is 5.75 Å². The van der Waals surface area contributed by atoms with E-state index in [9.17, 15) is 9.59 Å². The molecule has 0 heterocycles. The number of carbonyl (C=O) groups is 2. The van der Waals surface area contributed by atoms with E-state index in [-0.39, 0.29) is 12.5 Å². The van der Waals surface area contributed by atoms with Crippen molar-refractivity contribution in [2.75, 3.05) is 13.7 Å². The summed E-state index contributed by atoms with van der Waals surface area (Å²) in [6, 6.07) is 25.9. The zero-order valence-corrected chi connectivity index (χ0v) is 18.1. The summed E-state index contributed by atoms with van der Waals surface area (Å²) in [7, 11) is 1.62. The molecule has 2 amide bonds. The Balaban J connectivity index is 1.58. The molecule has 0 aliphatic heterocycles. The van der Waals surface area contributed by atoms with Gasteiger partial charge in [0.2, 0.25) is 5.91 Å². The molecule has 3 rings (SSSR count). The van der Waals surface area contributed by atoms with Crippen molar-refractivity contribution in [2.45, 2.75) is 25.5 Å². The number of carbonyl (C=O) groups excluding carboxylic acids is 2. The maximum atomic E-state index is 12.9. The Labute approximate surface area is 188 Å². The number of alkyl carbamates (subject to hydrolysis) is 1. The van der Waals surface area contributed by atoms with E-state index in [1.54, 1.807) is 7.11 Å². The summed E-state index contributed by atoms with van der Waals surface area (Å²) < 4.78 is 10.7. The van der Waals surface area contributed by atoms with Crippen LogP contribution in [-0.4, -0.2) is 31.7 Å². The maximum Gasteiger partial charge on any atom is 0.408 e. The summed E-state index contributed by atoms with van der Waals surface area (Å²) in [5.74, 6) is 0.519. The molecule has 166 valence electrons. The molecule has 0 bridgehead atoms. The normalized spacial score (nSPS) is 11.3. The molecule has 6 nitrogen and oxygen atoms in total. The Bertz CT molecular complexity index is 993. The number of nitrogens with one attached hydrogen (secondary N) is 2. The SMILES string of the molecule is COc1ccccc1CCNC(=O)C(Cc1ccccc1)NC(=O)OCc1ccccc1. The highest BCUT2D eigenvalue weighted by molar-refractivity contribution is 5.85. The van der Waals surface area contributed by atoms with Gasteiger partial charge in [0.1, 0.15) is 18.4 Å². The third kappa shape index (κ3) is 7.16. The first-order chi connectivity index (χ1) is 15.7.